The van der Waals surface area contributed by atoms with Crippen molar-refractivity contribution in [2.75, 3.05) is 33.8 Å². The van der Waals surface area contributed by atoms with Crippen molar-refractivity contribution < 1.29 is 23.7 Å². The molecule has 0 bridgehead atoms. The SMILES string of the molecule is COc1ccc(NC(=O)C(C)Cc2ccc(OC)c(OC)c2)c(OC)c1. The van der Waals surface area contributed by atoms with Crippen molar-refractivity contribution in [1.82, 2.24) is 0 Å². The first-order chi connectivity index (χ1) is 12.5. The van der Waals surface area contributed by atoms with E-state index in [0.29, 0.717) is 35.1 Å². The molecule has 0 radical (unpaired) electrons. The van der Waals surface area contributed by atoms with Crippen LogP contribution in [-0.4, -0.2) is 34.3 Å². The molecule has 6 nitrogen and oxygen atoms in total. The molecule has 0 aliphatic carbocycles. The van der Waals surface area contributed by atoms with Gasteiger partial charge in [0.1, 0.15) is 11.5 Å². The van der Waals surface area contributed by atoms with Gasteiger partial charge in [-0.15, -0.1) is 0 Å². The monoisotopic (exact) mass is 359 g/mol. The molecule has 0 spiro atoms. The van der Waals surface area contributed by atoms with Crippen LogP contribution < -0.4 is 24.3 Å². The van der Waals surface area contributed by atoms with Gasteiger partial charge < -0.3 is 24.3 Å². The van der Waals surface area contributed by atoms with Gasteiger partial charge in [0.2, 0.25) is 5.91 Å². The number of hydrogen-bond donors (Lipinski definition) is 1. The van der Waals surface area contributed by atoms with Crippen LogP contribution in [0.5, 0.6) is 23.0 Å². The smallest absolute Gasteiger partial charge is 0.227 e. The second-order valence-corrected chi connectivity index (χ2v) is 5.85. The highest BCUT2D eigenvalue weighted by Crippen LogP contribution is 2.31. The van der Waals surface area contributed by atoms with Gasteiger partial charge in [0.25, 0.3) is 0 Å². The number of ether oxygens (including phenoxy) is 4. The second-order valence-electron chi connectivity index (χ2n) is 5.85. The zero-order chi connectivity index (χ0) is 19.1. The highest BCUT2D eigenvalue weighted by atomic mass is 16.5. The van der Waals surface area contributed by atoms with Crippen LogP contribution in [-0.2, 0) is 11.2 Å². The fraction of sp³-hybridized carbons (Fsp3) is 0.350. The van der Waals surface area contributed by atoms with Crippen molar-refractivity contribution in [3.05, 3.63) is 42.0 Å². The van der Waals surface area contributed by atoms with E-state index in [2.05, 4.69) is 5.32 Å². The minimum atomic E-state index is -0.236. The van der Waals surface area contributed by atoms with Gasteiger partial charge in [-0.1, -0.05) is 13.0 Å². The normalized spacial score (nSPS) is 11.4. The summed E-state index contributed by atoms with van der Waals surface area (Å²) in [5, 5.41) is 2.91. The van der Waals surface area contributed by atoms with Crippen LogP contribution >= 0.6 is 0 Å². The first-order valence-electron chi connectivity index (χ1n) is 8.26. The van der Waals surface area contributed by atoms with Crippen LogP contribution in [0.4, 0.5) is 5.69 Å². The maximum atomic E-state index is 12.6. The average Bonchev–Trinajstić information content (AvgIpc) is 2.67. The van der Waals surface area contributed by atoms with E-state index < -0.39 is 0 Å². The molecule has 1 atom stereocenters. The van der Waals surface area contributed by atoms with Crippen molar-refractivity contribution >= 4 is 11.6 Å². The van der Waals surface area contributed by atoms with Crippen LogP contribution in [0.15, 0.2) is 36.4 Å². The lowest BCUT2D eigenvalue weighted by Gasteiger charge is -2.16. The number of carbonyl (C=O) groups excluding carboxylic acids is 1. The zero-order valence-electron chi connectivity index (χ0n) is 15.8. The van der Waals surface area contributed by atoms with Gasteiger partial charge in [-0.3, -0.25) is 4.79 Å². The van der Waals surface area contributed by atoms with Gasteiger partial charge in [-0.2, -0.15) is 0 Å². The van der Waals surface area contributed by atoms with Crippen LogP contribution in [0.2, 0.25) is 0 Å². The molecule has 0 fully saturated rings. The topological polar surface area (TPSA) is 66.0 Å². The fourth-order valence-corrected chi connectivity index (χ4v) is 2.61. The molecule has 0 aliphatic rings. The summed E-state index contributed by atoms with van der Waals surface area (Å²) < 4.78 is 21.0. The predicted molar refractivity (Wildman–Crippen MR) is 101 cm³/mol. The Labute approximate surface area is 154 Å². The molecule has 6 heteroatoms. The van der Waals surface area contributed by atoms with E-state index in [-0.39, 0.29) is 11.8 Å². The molecule has 1 N–H and O–H groups in total. The highest BCUT2D eigenvalue weighted by molar-refractivity contribution is 5.94. The minimum Gasteiger partial charge on any atom is -0.497 e. The third-order valence-electron chi connectivity index (χ3n) is 4.10. The Morgan fingerprint density at radius 3 is 2.19 bits per heavy atom. The number of benzene rings is 2. The molecule has 1 unspecified atom stereocenters. The molecule has 0 heterocycles. The molecule has 2 rings (SSSR count). The van der Waals surface area contributed by atoms with Gasteiger partial charge in [0.15, 0.2) is 11.5 Å². The Balaban J connectivity index is 2.08. The van der Waals surface area contributed by atoms with E-state index in [4.69, 9.17) is 18.9 Å². The number of rotatable bonds is 8. The number of hydrogen-bond acceptors (Lipinski definition) is 5. The highest BCUT2D eigenvalue weighted by Gasteiger charge is 2.17. The summed E-state index contributed by atoms with van der Waals surface area (Å²) in [5.74, 6) is 2.20. The summed E-state index contributed by atoms with van der Waals surface area (Å²) in [7, 11) is 6.32. The van der Waals surface area contributed by atoms with Crippen molar-refractivity contribution in [2.24, 2.45) is 5.92 Å². The number of methoxy groups -OCH3 is 4. The van der Waals surface area contributed by atoms with Gasteiger partial charge in [-0.05, 0) is 36.2 Å². The van der Waals surface area contributed by atoms with Crippen molar-refractivity contribution in [3.63, 3.8) is 0 Å². The largest absolute Gasteiger partial charge is 0.497 e. The Morgan fingerprint density at radius 1 is 0.885 bits per heavy atom. The van der Waals surface area contributed by atoms with Gasteiger partial charge in [0.05, 0.1) is 34.1 Å². The molecular formula is C20H25NO5. The fourth-order valence-electron chi connectivity index (χ4n) is 2.61. The molecule has 2 aromatic rings. The molecule has 2 aromatic carbocycles. The third-order valence-corrected chi connectivity index (χ3v) is 4.10. The van der Waals surface area contributed by atoms with Crippen LogP contribution in [0, 0.1) is 5.92 Å². The molecule has 0 aliphatic heterocycles. The standard InChI is InChI=1S/C20H25NO5/c1-13(10-14-6-9-17(24-3)19(11-14)26-5)20(22)21-16-8-7-15(23-2)12-18(16)25-4/h6-9,11-13H,10H2,1-5H3,(H,21,22). The number of nitrogens with one attached hydrogen (secondary N) is 1. The Morgan fingerprint density at radius 2 is 1.58 bits per heavy atom. The van der Waals surface area contributed by atoms with Crippen LogP contribution in [0.25, 0.3) is 0 Å². The molecule has 0 saturated carbocycles. The lowest BCUT2D eigenvalue weighted by atomic mass is 10.00. The van der Waals surface area contributed by atoms with Gasteiger partial charge in [0, 0.05) is 12.0 Å². The lowest BCUT2D eigenvalue weighted by Crippen LogP contribution is -2.22. The zero-order valence-corrected chi connectivity index (χ0v) is 15.8. The first-order valence-corrected chi connectivity index (χ1v) is 8.26. The molecule has 0 saturated heterocycles. The maximum absolute atomic E-state index is 12.6. The molecular weight excluding hydrogens is 334 g/mol. The quantitative estimate of drug-likeness (QED) is 0.781. The summed E-state index contributed by atoms with van der Waals surface area (Å²) in [5.41, 5.74) is 1.60. The first kappa shape index (κ1) is 19.4. The summed E-state index contributed by atoms with van der Waals surface area (Å²) in [6.45, 7) is 1.88. The molecule has 140 valence electrons. The van der Waals surface area contributed by atoms with E-state index in [1.165, 1.54) is 0 Å². The predicted octanol–water partition coefficient (Wildman–Crippen LogP) is 3.54. The number of anilines is 1. The van der Waals surface area contributed by atoms with E-state index in [1.807, 2.05) is 25.1 Å². The van der Waals surface area contributed by atoms with E-state index in [1.54, 1.807) is 46.6 Å². The Hall–Kier alpha value is -2.89. The molecule has 1 amide bonds. The Kier molecular flexibility index (Phi) is 6.72. The van der Waals surface area contributed by atoms with E-state index in [9.17, 15) is 4.79 Å². The third kappa shape index (κ3) is 4.59. The summed E-state index contributed by atoms with van der Waals surface area (Å²) in [4.78, 5) is 12.6. The lowest BCUT2D eigenvalue weighted by molar-refractivity contribution is -0.119. The van der Waals surface area contributed by atoms with Crippen LogP contribution in [0.3, 0.4) is 0 Å². The molecule has 0 aromatic heterocycles. The van der Waals surface area contributed by atoms with Crippen molar-refractivity contribution in [1.29, 1.82) is 0 Å². The molecule has 26 heavy (non-hydrogen) atoms. The Bertz CT molecular complexity index is 760. The van der Waals surface area contributed by atoms with E-state index >= 15 is 0 Å². The summed E-state index contributed by atoms with van der Waals surface area (Å²) in [6, 6.07) is 10.9. The van der Waals surface area contributed by atoms with Crippen molar-refractivity contribution in [3.8, 4) is 23.0 Å². The average molecular weight is 359 g/mol. The maximum Gasteiger partial charge on any atom is 0.227 e. The minimum absolute atomic E-state index is 0.0942. The van der Waals surface area contributed by atoms with E-state index in [0.717, 1.165) is 5.56 Å². The second kappa shape index (κ2) is 8.99. The van der Waals surface area contributed by atoms with Crippen LogP contribution in [0.1, 0.15) is 12.5 Å². The van der Waals surface area contributed by atoms with Gasteiger partial charge >= 0.3 is 0 Å². The number of carbonyl (C=O) groups is 1. The number of amides is 1. The summed E-state index contributed by atoms with van der Waals surface area (Å²) in [6.07, 6.45) is 0.574. The van der Waals surface area contributed by atoms with Crippen molar-refractivity contribution in [2.45, 2.75) is 13.3 Å². The van der Waals surface area contributed by atoms with Gasteiger partial charge in [-0.25, -0.2) is 0 Å². The summed E-state index contributed by atoms with van der Waals surface area (Å²) >= 11 is 0.